The Hall–Kier alpha value is -2.94. The van der Waals surface area contributed by atoms with Gasteiger partial charge in [-0.3, -0.25) is 0 Å². The van der Waals surface area contributed by atoms with Gasteiger partial charge in [0.15, 0.2) is 5.76 Å². The summed E-state index contributed by atoms with van der Waals surface area (Å²) in [5.41, 5.74) is 1.02. The number of hydrogen-bond donors (Lipinski definition) is 0. The third-order valence-corrected chi connectivity index (χ3v) is 7.58. The number of aromatic nitrogens is 1. The number of piperazine rings is 1. The quantitative estimate of drug-likeness (QED) is 0.360. The number of nitrogens with zero attached hydrogens (tertiary/aromatic N) is 3. The minimum atomic E-state index is -3.96. The molecule has 0 bridgehead atoms. The van der Waals surface area contributed by atoms with Crippen LogP contribution >= 0.6 is 23.2 Å². The van der Waals surface area contributed by atoms with E-state index < -0.39 is 9.84 Å². The van der Waals surface area contributed by atoms with Crippen LogP contribution in [-0.4, -0.2) is 39.6 Å². The van der Waals surface area contributed by atoms with Crippen molar-refractivity contribution in [3.05, 3.63) is 77.0 Å². The predicted octanol–water partition coefficient (Wildman–Crippen LogP) is 5.40. The average molecular weight is 504 g/mol. The van der Waals surface area contributed by atoms with Crippen LogP contribution in [0.1, 0.15) is 0 Å². The van der Waals surface area contributed by atoms with Gasteiger partial charge in [0.1, 0.15) is 0 Å². The molecule has 1 aliphatic heterocycles. The van der Waals surface area contributed by atoms with Crippen LogP contribution in [0, 0.1) is 0 Å². The van der Waals surface area contributed by atoms with Gasteiger partial charge in [0.25, 0.3) is 5.89 Å². The molecule has 0 unspecified atom stereocenters. The van der Waals surface area contributed by atoms with Gasteiger partial charge in [-0.05, 0) is 54.6 Å². The SMILES string of the molecule is O=S(=O)(c1ccc(Cl)cc1)c1nc(-c2ccco2)oc1N1CCN(c2cccc(Cl)c2)CC1. The fourth-order valence-corrected chi connectivity index (χ4v) is 5.38. The van der Waals surface area contributed by atoms with E-state index in [-0.39, 0.29) is 21.7 Å². The van der Waals surface area contributed by atoms with Gasteiger partial charge in [-0.15, -0.1) is 0 Å². The van der Waals surface area contributed by atoms with Crippen LogP contribution in [0.3, 0.4) is 0 Å². The summed E-state index contributed by atoms with van der Waals surface area (Å²) in [5.74, 6) is 0.660. The number of oxazole rings is 1. The van der Waals surface area contributed by atoms with E-state index in [4.69, 9.17) is 32.0 Å². The molecule has 3 heterocycles. The molecule has 7 nitrogen and oxygen atoms in total. The molecule has 5 rings (SSSR count). The van der Waals surface area contributed by atoms with Crippen LogP contribution in [0.25, 0.3) is 11.7 Å². The molecule has 0 N–H and O–H groups in total. The van der Waals surface area contributed by atoms with Gasteiger partial charge in [-0.25, -0.2) is 8.42 Å². The van der Waals surface area contributed by atoms with Gasteiger partial charge in [-0.2, -0.15) is 4.98 Å². The standard InChI is InChI=1S/C23H19Cl2N3O4S/c24-16-6-8-19(9-7-16)33(29,30)22-23(32-21(26-22)20-5-2-14-31-20)28-12-10-27(11-13-28)18-4-1-3-17(25)15-18/h1-9,14-15H,10-13H2. The Labute approximate surface area is 201 Å². The molecular formula is C23H19Cl2N3O4S. The zero-order valence-electron chi connectivity index (χ0n) is 17.3. The topological polar surface area (TPSA) is 79.8 Å². The van der Waals surface area contributed by atoms with E-state index in [2.05, 4.69) is 9.88 Å². The summed E-state index contributed by atoms with van der Waals surface area (Å²) in [6.45, 7) is 2.42. The highest BCUT2D eigenvalue weighted by molar-refractivity contribution is 7.91. The smallest absolute Gasteiger partial charge is 0.266 e. The maximum absolute atomic E-state index is 13.5. The zero-order valence-corrected chi connectivity index (χ0v) is 19.6. The van der Waals surface area contributed by atoms with E-state index in [0.29, 0.717) is 42.0 Å². The molecule has 33 heavy (non-hydrogen) atoms. The number of benzene rings is 2. The van der Waals surface area contributed by atoms with Crippen molar-refractivity contribution in [3.63, 3.8) is 0 Å². The molecule has 1 fully saturated rings. The van der Waals surface area contributed by atoms with Crippen LogP contribution < -0.4 is 9.80 Å². The Bertz CT molecular complexity index is 1360. The molecule has 0 amide bonds. The van der Waals surface area contributed by atoms with Gasteiger partial charge in [0, 0.05) is 41.9 Å². The molecule has 10 heteroatoms. The molecule has 4 aromatic rings. The van der Waals surface area contributed by atoms with E-state index in [1.165, 1.54) is 30.5 Å². The summed E-state index contributed by atoms with van der Waals surface area (Å²) in [6, 6.07) is 17.0. The Morgan fingerprint density at radius 2 is 1.58 bits per heavy atom. The first-order valence-electron chi connectivity index (χ1n) is 10.2. The largest absolute Gasteiger partial charge is 0.459 e. The molecule has 0 radical (unpaired) electrons. The van der Waals surface area contributed by atoms with Crippen molar-refractivity contribution in [2.45, 2.75) is 9.92 Å². The second-order valence-electron chi connectivity index (χ2n) is 7.52. The number of sulfone groups is 1. The minimum absolute atomic E-state index is 0.0880. The Kier molecular flexibility index (Phi) is 5.82. The van der Waals surface area contributed by atoms with Crippen molar-refractivity contribution in [2.24, 2.45) is 0 Å². The Morgan fingerprint density at radius 1 is 0.848 bits per heavy atom. The molecule has 1 saturated heterocycles. The highest BCUT2D eigenvalue weighted by Crippen LogP contribution is 2.36. The predicted molar refractivity (Wildman–Crippen MR) is 127 cm³/mol. The molecule has 170 valence electrons. The summed E-state index contributed by atoms with van der Waals surface area (Å²) >= 11 is 12.1. The minimum Gasteiger partial charge on any atom is -0.459 e. The van der Waals surface area contributed by atoms with Crippen molar-refractivity contribution in [2.75, 3.05) is 36.0 Å². The second kappa shape index (κ2) is 8.78. The number of anilines is 2. The van der Waals surface area contributed by atoms with Crippen molar-refractivity contribution < 1.29 is 17.3 Å². The monoisotopic (exact) mass is 503 g/mol. The van der Waals surface area contributed by atoms with Gasteiger partial charge >= 0.3 is 0 Å². The molecule has 2 aromatic carbocycles. The van der Waals surface area contributed by atoms with Crippen LogP contribution in [0.2, 0.25) is 10.0 Å². The number of furan rings is 1. The Morgan fingerprint density at radius 3 is 2.24 bits per heavy atom. The summed E-state index contributed by atoms with van der Waals surface area (Å²) in [4.78, 5) is 8.51. The van der Waals surface area contributed by atoms with Crippen molar-refractivity contribution >= 4 is 44.6 Å². The molecule has 0 saturated carbocycles. The van der Waals surface area contributed by atoms with Crippen LogP contribution in [0.5, 0.6) is 0 Å². The van der Waals surface area contributed by atoms with E-state index in [1.54, 1.807) is 12.1 Å². The molecule has 0 atom stereocenters. The maximum atomic E-state index is 13.5. The summed E-state index contributed by atoms with van der Waals surface area (Å²) in [6.07, 6.45) is 1.48. The molecule has 0 aliphatic carbocycles. The lowest BCUT2D eigenvalue weighted by molar-refractivity contribution is 0.498. The first-order chi connectivity index (χ1) is 15.9. The van der Waals surface area contributed by atoms with Crippen molar-refractivity contribution in [1.29, 1.82) is 0 Å². The van der Waals surface area contributed by atoms with Gasteiger partial charge in [-0.1, -0.05) is 29.3 Å². The molecule has 0 spiro atoms. The fraction of sp³-hybridized carbons (Fsp3) is 0.174. The third-order valence-electron chi connectivity index (χ3n) is 5.43. The lowest BCUT2D eigenvalue weighted by Crippen LogP contribution is -2.46. The van der Waals surface area contributed by atoms with Crippen LogP contribution in [0.4, 0.5) is 11.6 Å². The summed E-state index contributed by atoms with van der Waals surface area (Å²) in [7, 11) is -3.96. The molecule has 1 aliphatic rings. The average Bonchev–Trinajstić information content (AvgIpc) is 3.50. The lowest BCUT2D eigenvalue weighted by atomic mass is 10.2. The third kappa shape index (κ3) is 4.34. The number of halogens is 2. The number of rotatable bonds is 5. The second-order valence-corrected chi connectivity index (χ2v) is 10.3. The highest BCUT2D eigenvalue weighted by Gasteiger charge is 2.33. The van der Waals surface area contributed by atoms with Gasteiger partial charge < -0.3 is 18.6 Å². The zero-order chi connectivity index (χ0) is 23.0. The lowest BCUT2D eigenvalue weighted by Gasteiger charge is -2.36. The maximum Gasteiger partial charge on any atom is 0.266 e. The van der Waals surface area contributed by atoms with Crippen molar-refractivity contribution in [3.8, 4) is 11.7 Å². The van der Waals surface area contributed by atoms with E-state index in [9.17, 15) is 8.42 Å². The van der Waals surface area contributed by atoms with Gasteiger partial charge in [0.2, 0.25) is 20.7 Å². The first-order valence-corrected chi connectivity index (χ1v) is 12.5. The highest BCUT2D eigenvalue weighted by atomic mass is 35.5. The van der Waals surface area contributed by atoms with Crippen LogP contribution in [-0.2, 0) is 9.84 Å². The van der Waals surface area contributed by atoms with E-state index >= 15 is 0 Å². The van der Waals surface area contributed by atoms with Gasteiger partial charge in [0.05, 0.1) is 11.2 Å². The fourth-order valence-electron chi connectivity index (χ4n) is 3.74. The Balaban J connectivity index is 1.49. The summed E-state index contributed by atoms with van der Waals surface area (Å²) in [5, 5.41) is 0.972. The van der Waals surface area contributed by atoms with Crippen molar-refractivity contribution in [1.82, 2.24) is 4.98 Å². The molecular weight excluding hydrogens is 485 g/mol. The number of hydrogen-bond acceptors (Lipinski definition) is 7. The summed E-state index contributed by atoms with van der Waals surface area (Å²) < 4.78 is 38.3. The van der Waals surface area contributed by atoms with E-state index in [0.717, 1.165) is 5.69 Å². The van der Waals surface area contributed by atoms with E-state index in [1.807, 2.05) is 29.2 Å². The normalized spacial score (nSPS) is 14.6. The molecule has 2 aromatic heterocycles. The first kappa shape index (κ1) is 21.9. The van der Waals surface area contributed by atoms with Crippen LogP contribution in [0.15, 0.2) is 85.7 Å².